The van der Waals surface area contributed by atoms with Crippen molar-refractivity contribution in [3.8, 4) is 5.75 Å². The van der Waals surface area contributed by atoms with Gasteiger partial charge in [0.2, 0.25) is 0 Å². The minimum Gasteiger partial charge on any atom is -0.508 e. The topological polar surface area (TPSA) is 46.2 Å². The molecule has 0 aromatic heterocycles. The van der Waals surface area contributed by atoms with E-state index in [1.165, 1.54) is 5.56 Å². The molecule has 0 fully saturated rings. The van der Waals surface area contributed by atoms with Crippen molar-refractivity contribution in [1.29, 1.82) is 0 Å². The Morgan fingerprint density at radius 2 is 1.62 bits per heavy atom. The summed E-state index contributed by atoms with van der Waals surface area (Å²) in [7, 11) is 0. The number of benzene rings is 2. The lowest BCUT2D eigenvalue weighted by Gasteiger charge is -2.15. The molecule has 0 saturated carbocycles. The Morgan fingerprint density at radius 3 is 2.25 bits per heavy atom. The van der Waals surface area contributed by atoms with Gasteiger partial charge in [-0.25, -0.2) is 0 Å². The molecule has 0 spiro atoms. The van der Waals surface area contributed by atoms with Gasteiger partial charge >= 0.3 is 0 Å². The zero-order chi connectivity index (χ0) is 11.4. The van der Waals surface area contributed by atoms with Crippen LogP contribution in [0.25, 0.3) is 0 Å². The molecule has 2 heteroatoms. The highest BCUT2D eigenvalue weighted by molar-refractivity contribution is 5.36. The largest absolute Gasteiger partial charge is 0.508 e. The van der Waals surface area contributed by atoms with Crippen molar-refractivity contribution in [3.63, 3.8) is 0 Å². The fourth-order valence-electron chi connectivity index (χ4n) is 1.89. The highest BCUT2D eigenvalue weighted by Crippen LogP contribution is 2.25. The molecule has 2 nitrogen and oxygen atoms in total. The normalized spacial score (nSPS) is 12.3. The minimum atomic E-state index is 0.147. The molecule has 0 heterocycles. The summed E-state index contributed by atoms with van der Waals surface area (Å²) in [5.41, 5.74) is 8.03. The van der Waals surface area contributed by atoms with Crippen molar-refractivity contribution >= 4 is 0 Å². The van der Waals surface area contributed by atoms with E-state index in [1.54, 1.807) is 12.1 Å². The Hall–Kier alpha value is -1.80. The molecular formula is C14H15NO. The highest BCUT2D eigenvalue weighted by Gasteiger charge is 2.11. The number of phenols is 1. The Balaban J connectivity index is 2.37. The Morgan fingerprint density at radius 1 is 0.938 bits per heavy atom. The second-order valence-electron chi connectivity index (χ2n) is 3.79. The SMILES string of the molecule is NCC(c1ccccc1)c1cccc(O)c1. The number of phenolic OH excluding ortho intramolecular Hbond substituents is 1. The van der Waals surface area contributed by atoms with Crippen LogP contribution in [0.3, 0.4) is 0 Å². The summed E-state index contributed by atoms with van der Waals surface area (Å²) >= 11 is 0. The molecule has 16 heavy (non-hydrogen) atoms. The summed E-state index contributed by atoms with van der Waals surface area (Å²) < 4.78 is 0. The van der Waals surface area contributed by atoms with E-state index in [0.29, 0.717) is 6.54 Å². The van der Waals surface area contributed by atoms with Crippen molar-refractivity contribution in [3.05, 3.63) is 65.7 Å². The quantitative estimate of drug-likeness (QED) is 0.822. The summed E-state index contributed by atoms with van der Waals surface area (Å²) in [5.74, 6) is 0.431. The lowest BCUT2D eigenvalue weighted by atomic mass is 9.91. The average molecular weight is 213 g/mol. The maximum absolute atomic E-state index is 9.46. The molecule has 0 aliphatic heterocycles. The first-order valence-electron chi connectivity index (χ1n) is 5.35. The first kappa shape index (κ1) is 10.7. The van der Waals surface area contributed by atoms with Crippen LogP contribution in [-0.4, -0.2) is 11.7 Å². The molecule has 2 aromatic rings. The van der Waals surface area contributed by atoms with Crippen LogP contribution >= 0.6 is 0 Å². The van der Waals surface area contributed by atoms with E-state index >= 15 is 0 Å². The van der Waals surface area contributed by atoms with Gasteiger partial charge in [0, 0.05) is 12.5 Å². The average Bonchev–Trinajstić information content (AvgIpc) is 2.31. The molecule has 3 N–H and O–H groups in total. The first-order valence-corrected chi connectivity index (χ1v) is 5.35. The van der Waals surface area contributed by atoms with E-state index in [2.05, 4.69) is 12.1 Å². The minimum absolute atomic E-state index is 0.147. The molecule has 0 aliphatic rings. The van der Waals surface area contributed by atoms with Crippen LogP contribution in [-0.2, 0) is 0 Å². The van der Waals surface area contributed by atoms with Crippen LogP contribution in [0.4, 0.5) is 0 Å². The van der Waals surface area contributed by atoms with Crippen LogP contribution in [0.2, 0.25) is 0 Å². The summed E-state index contributed by atoms with van der Waals surface area (Å²) in [6, 6.07) is 17.4. The summed E-state index contributed by atoms with van der Waals surface area (Å²) in [5, 5.41) is 9.46. The van der Waals surface area contributed by atoms with Gasteiger partial charge in [-0.3, -0.25) is 0 Å². The number of rotatable bonds is 3. The molecule has 0 aliphatic carbocycles. The molecule has 0 amide bonds. The third-order valence-corrected chi connectivity index (χ3v) is 2.71. The number of hydrogen-bond acceptors (Lipinski definition) is 2. The van der Waals surface area contributed by atoms with Gasteiger partial charge in [-0.1, -0.05) is 42.5 Å². The maximum Gasteiger partial charge on any atom is 0.115 e. The third kappa shape index (κ3) is 2.23. The molecular weight excluding hydrogens is 198 g/mol. The monoisotopic (exact) mass is 213 g/mol. The summed E-state index contributed by atoms with van der Waals surface area (Å²) in [4.78, 5) is 0. The Kier molecular flexibility index (Phi) is 3.22. The van der Waals surface area contributed by atoms with Crippen LogP contribution in [0, 0.1) is 0 Å². The number of hydrogen-bond donors (Lipinski definition) is 2. The van der Waals surface area contributed by atoms with Gasteiger partial charge < -0.3 is 10.8 Å². The van der Waals surface area contributed by atoms with Crippen molar-refractivity contribution in [2.24, 2.45) is 5.73 Å². The van der Waals surface area contributed by atoms with Crippen molar-refractivity contribution in [1.82, 2.24) is 0 Å². The Labute approximate surface area is 95.4 Å². The van der Waals surface area contributed by atoms with Crippen molar-refractivity contribution < 1.29 is 5.11 Å². The Bertz CT molecular complexity index is 453. The van der Waals surface area contributed by atoms with Gasteiger partial charge in [0.05, 0.1) is 0 Å². The van der Waals surface area contributed by atoms with Gasteiger partial charge in [-0.15, -0.1) is 0 Å². The zero-order valence-corrected chi connectivity index (χ0v) is 9.01. The molecule has 0 radical (unpaired) electrons. The molecule has 1 atom stereocenters. The third-order valence-electron chi connectivity index (χ3n) is 2.71. The summed E-state index contributed by atoms with van der Waals surface area (Å²) in [6.07, 6.45) is 0. The van der Waals surface area contributed by atoms with Gasteiger partial charge in [-0.05, 0) is 23.3 Å². The van der Waals surface area contributed by atoms with Crippen LogP contribution < -0.4 is 5.73 Å². The summed E-state index contributed by atoms with van der Waals surface area (Å²) in [6.45, 7) is 0.535. The fraction of sp³-hybridized carbons (Fsp3) is 0.143. The molecule has 1 unspecified atom stereocenters. The van der Waals surface area contributed by atoms with E-state index in [9.17, 15) is 5.11 Å². The van der Waals surface area contributed by atoms with E-state index in [1.807, 2.05) is 30.3 Å². The predicted molar refractivity (Wildman–Crippen MR) is 65.4 cm³/mol. The lowest BCUT2D eigenvalue weighted by Crippen LogP contribution is -2.13. The van der Waals surface area contributed by atoms with E-state index in [-0.39, 0.29) is 11.7 Å². The molecule has 0 bridgehead atoms. The van der Waals surface area contributed by atoms with Crippen molar-refractivity contribution in [2.45, 2.75) is 5.92 Å². The van der Waals surface area contributed by atoms with Gasteiger partial charge in [0.1, 0.15) is 5.75 Å². The lowest BCUT2D eigenvalue weighted by molar-refractivity contribution is 0.474. The van der Waals surface area contributed by atoms with E-state index in [4.69, 9.17) is 5.73 Å². The van der Waals surface area contributed by atoms with Crippen LogP contribution in [0.1, 0.15) is 17.0 Å². The zero-order valence-electron chi connectivity index (χ0n) is 9.01. The fourth-order valence-corrected chi connectivity index (χ4v) is 1.89. The van der Waals surface area contributed by atoms with Gasteiger partial charge in [0.25, 0.3) is 0 Å². The second-order valence-corrected chi connectivity index (χ2v) is 3.79. The molecule has 0 saturated heterocycles. The number of nitrogens with two attached hydrogens (primary N) is 1. The van der Waals surface area contributed by atoms with Gasteiger partial charge in [-0.2, -0.15) is 0 Å². The first-order chi connectivity index (χ1) is 7.81. The van der Waals surface area contributed by atoms with Crippen molar-refractivity contribution in [2.75, 3.05) is 6.54 Å². The van der Waals surface area contributed by atoms with Crippen LogP contribution in [0.5, 0.6) is 5.75 Å². The highest BCUT2D eigenvalue weighted by atomic mass is 16.3. The number of aromatic hydroxyl groups is 1. The standard InChI is InChI=1S/C14H15NO/c15-10-14(11-5-2-1-3-6-11)12-7-4-8-13(16)9-12/h1-9,14,16H,10,15H2. The smallest absolute Gasteiger partial charge is 0.115 e. The van der Waals surface area contributed by atoms with Gasteiger partial charge in [0.15, 0.2) is 0 Å². The maximum atomic E-state index is 9.46. The molecule has 82 valence electrons. The molecule has 2 rings (SSSR count). The predicted octanol–water partition coefficient (Wildman–Crippen LogP) is 2.48. The van der Waals surface area contributed by atoms with E-state index in [0.717, 1.165) is 5.56 Å². The van der Waals surface area contributed by atoms with E-state index < -0.39 is 0 Å². The second kappa shape index (κ2) is 4.81. The van der Waals surface area contributed by atoms with Crippen LogP contribution in [0.15, 0.2) is 54.6 Å². The molecule has 2 aromatic carbocycles.